The Morgan fingerprint density at radius 2 is 1.92 bits per heavy atom. The second-order valence-electron chi connectivity index (χ2n) is 2.53. The number of aromatic amines is 1. The van der Waals surface area contributed by atoms with E-state index in [0.29, 0.717) is 10.9 Å². The van der Waals surface area contributed by atoms with Gasteiger partial charge < -0.3 is 10.5 Å². The lowest BCUT2D eigenvalue weighted by molar-refractivity contribution is 0.612. The number of benzene rings is 1. The highest BCUT2D eigenvalue weighted by Gasteiger charge is 1.98. The summed E-state index contributed by atoms with van der Waals surface area (Å²) in [6.07, 6.45) is 0. The Balaban J connectivity index is 0.000000845. The van der Waals surface area contributed by atoms with E-state index in [0.717, 1.165) is 0 Å². The fraction of sp³-hybridized carbons (Fsp3) is 0. The minimum absolute atomic E-state index is 0. The number of rotatable bonds is 0. The van der Waals surface area contributed by atoms with Gasteiger partial charge in [0, 0.05) is 10.9 Å². The number of fused-ring (bicyclic) bond motifs is 1. The maximum atomic E-state index is 12.7. The molecular formula is C9H8FNO2. The molecule has 3 N–H and O–H groups in total. The van der Waals surface area contributed by atoms with Gasteiger partial charge in [0.1, 0.15) is 0 Å². The molecule has 0 unspecified atom stereocenters. The number of hydrogen-bond acceptors (Lipinski definition) is 1. The predicted molar refractivity (Wildman–Crippen MR) is 48.1 cm³/mol. The summed E-state index contributed by atoms with van der Waals surface area (Å²) in [7, 11) is 0. The number of H-pyrrole nitrogens is 1. The fourth-order valence-electron chi connectivity index (χ4n) is 1.12. The average molecular weight is 181 g/mol. The molecule has 0 aliphatic heterocycles. The highest BCUT2D eigenvalue weighted by atomic mass is 19.1. The van der Waals surface area contributed by atoms with Crippen molar-refractivity contribution in [1.82, 2.24) is 4.98 Å². The van der Waals surface area contributed by atoms with Gasteiger partial charge in [-0.05, 0) is 12.1 Å². The molecule has 3 nitrogen and oxygen atoms in total. The van der Waals surface area contributed by atoms with Crippen molar-refractivity contribution in [3.05, 3.63) is 46.5 Å². The molecule has 0 bridgehead atoms. The molecule has 2 rings (SSSR count). The van der Waals surface area contributed by atoms with Crippen molar-refractivity contribution < 1.29 is 9.87 Å². The molecule has 0 radical (unpaired) electrons. The molecule has 1 aromatic carbocycles. The van der Waals surface area contributed by atoms with Crippen molar-refractivity contribution in [3.63, 3.8) is 0 Å². The maximum Gasteiger partial charge on any atom is 0.284 e. The smallest absolute Gasteiger partial charge is 0.284 e. The first-order valence-corrected chi connectivity index (χ1v) is 3.55. The Morgan fingerprint density at radius 3 is 2.69 bits per heavy atom. The minimum atomic E-state index is -0.742. The zero-order valence-electron chi connectivity index (χ0n) is 6.67. The van der Waals surface area contributed by atoms with Gasteiger partial charge in [-0.2, -0.15) is 0 Å². The molecule has 0 aliphatic rings. The molecule has 0 saturated heterocycles. The van der Waals surface area contributed by atoms with E-state index >= 15 is 0 Å². The van der Waals surface area contributed by atoms with Gasteiger partial charge in [-0.3, -0.25) is 4.79 Å². The Labute approximate surface area is 73.1 Å². The highest BCUT2D eigenvalue weighted by Crippen LogP contribution is 2.08. The predicted octanol–water partition coefficient (Wildman–Crippen LogP) is 0.843. The molecule has 68 valence electrons. The summed E-state index contributed by atoms with van der Waals surface area (Å²) in [5.41, 5.74) is -0.0161. The van der Waals surface area contributed by atoms with Gasteiger partial charge in [-0.15, -0.1) is 0 Å². The second kappa shape index (κ2) is 3.37. The average Bonchev–Trinajstić information content (AvgIpc) is 2.07. The molecule has 1 aromatic heterocycles. The normalized spacial score (nSPS) is 9.62. The zero-order chi connectivity index (χ0) is 8.55. The number of aromatic nitrogens is 1. The van der Waals surface area contributed by atoms with Gasteiger partial charge in [0.15, 0.2) is 5.82 Å². The number of halogens is 1. The molecule has 0 atom stereocenters. The Bertz CT molecular complexity index is 478. The van der Waals surface area contributed by atoms with Crippen LogP contribution in [0.2, 0.25) is 0 Å². The first-order valence-electron chi connectivity index (χ1n) is 3.55. The molecule has 13 heavy (non-hydrogen) atoms. The summed E-state index contributed by atoms with van der Waals surface area (Å²) in [6.45, 7) is 0. The SMILES string of the molecule is O.O=c1[nH]c2ccccc2cc1F. The van der Waals surface area contributed by atoms with Crippen molar-refractivity contribution >= 4 is 10.9 Å². The Kier molecular flexibility index (Phi) is 2.44. The van der Waals surface area contributed by atoms with Crippen LogP contribution in [-0.4, -0.2) is 10.5 Å². The molecule has 0 fully saturated rings. The van der Waals surface area contributed by atoms with Crippen LogP contribution in [0.5, 0.6) is 0 Å². The van der Waals surface area contributed by atoms with E-state index in [1.165, 1.54) is 6.07 Å². The molecule has 2 aromatic rings. The fourth-order valence-corrected chi connectivity index (χ4v) is 1.12. The van der Waals surface area contributed by atoms with Crippen LogP contribution >= 0.6 is 0 Å². The lowest BCUT2D eigenvalue weighted by Crippen LogP contribution is -2.09. The van der Waals surface area contributed by atoms with Crippen LogP contribution in [-0.2, 0) is 0 Å². The second-order valence-corrected chi connectivity index (χ2v) is 2.53. The van der Waals surface area contributed by atoms with Crippen LogP contribution in [0.3, 0.4) is 0 Å². The van der Waals surface area contributed by atoms with Gasteiger partial charge in [0.25, 0.3) is 5.56 Å². The van der Waals surface area contributed by atoms with E-state index < -0.39 is 11.4 Å². The van der Waals surface area contributed by atoms with E-state index in [1.807, 2.05) is 0 Å². The standard InChI is InChI=1S/C9H6FNO.H2O/c10-7-5-6-3-1-2-4-8(6)11-9(7)12;/h1-5H,(H,11,12);1H2. The van der Waals surface area contributed by atoms with Crippen molar-refractivity contribution in [2.75, 3.05) is 0 Å². The molecule has 0 spiro atoms. The Morgan fingerprint density at radius 1 is 1.23 bits per heavy atom. The van der Waals surface area contributed by atoms with Crippen molar-refractivity contribution in [3.8, 4) is 0 Å². The number of hydrogen-bond donors (Lipinski definition) is 1. The van der Waals surface area contributed by atoms with Crippen molar-refractivity contribution in [1.29, 1.82) is 0 Å². The van der Waals surface area contributed by atoms with E-state index in [2.05, 4.69) is 4.98 Å². The van der Waals surface area contributed by atoms with Crippen LogP contribution in [0.15, 0.2) is 35.1 Å². The highest BCUT2D eigenvalue weighted by molar-refractivity contribution is 5.77. The first kappa shape index (κ1) is 9.41. The summed E-state index contributed by atoms with van der Waals surface area (Å²) in [5.74, 6) is -0.742. The molecule has 4 heteroatoms. The molecule has 1 heterocycles. The van der Waals surface area contributed by atoms with Crippen LogP contribution in [0, 0.1) is 5.82 Å². The topological polar surface area (TPSA) is 64.4 Å². The van der Waals surface area contributed by atoms with Gasteiger partial charge in [0.2, 0.25) is 0 Å². The minimum Gasteiger partial charge on any atom is -0.412 e. The number of para-hydroxylation sites is 1. The van der Waals surface area contributed by atoms with Crippen molar-refractivity contribution in [2.24, 2.45) is 0 Å². The Hall–Kier alpha value is -1.68. The molecular weight excluding hydrogens is 173 g/mol. The number of pyridine rings is 1. The van der Waals surface area contributed by atoms with Crippen LogP contribution in [0.4, 0.5) is 4.39 Å². The van der Waals surface area contributed by atoms with E-state index in [1.54, 1.807) is 24.3 Å². The summed E-state index contributed by atoms with van der Waals surface area (Å²) in [6, 6.07) is 8.29. The molecule has 0 saturated carbocycles. The lowest BCUT2D eigenvalue weighted by atomic mass is 10.2. The van der Waals surface area contributed by atoms with Crippen LogP contribution in [0.1, 0.15) is 0 Å². The lowest BCUT2D eigenvalue weighted by Gasteiger charge is -1.95. The third-order valence-electron chi connectivity index (χ3n) is 1.71. The monoisotopic (exact) mass is 181 g/mol. The summed E-state index contributed by atoms with van der Waals surface area (Å²) in [5, 5.41) is 0.703. The maximum absolute atomic E-state index is 12.7. The van der Waals surface area contributed by atoms with Crippen molar-refractivity contribution in [2.45, 2.75) is 0 Å². The van der Waals surface area contributed by atoms with Crippen LogP contribution in [0.25, 0.3) is 10.9 Å². The van der Waals surface area contributed by atoms with E-state index in [9.17, 15) is 9.18 Å². The summed E-state index contributed by atoms with van der Waals surface area (Å²) < 4.78 is 12.7. The summed E-state index contributed by atoms with van der Waals surface area (Å²) in [4.78, 5) is 13.2. The quantitative estimate of drug-likeness (QED) is 0.643. The number of nitrogens with one attached hydrogen (secondary N) is 1. The van der Waals surface area contributed by atoms with E-state index in [-0.39, 0.29) is 5.48 Å². The van der Waals surface area contributed by atoms with Gasteiger partial charge >= 0.3 is 0 Å². The third kappa shape index (κ3) is 1.57. The largest absolute Gasteiger partial charge is 0.412 e. The first-order chi connectivity index (χ1) is 5.77. The van der Waals surface area contributed by atoms with E-state index in [4.69, 9.17) is 0 Å². The van der Waals surface area contributed by atoms with Gasteiger partial charge in [0.05, 0.1) is 0 Å². The van der Waals surface area contributed by atoms with Crippen LogP contribution < -0.4 is 5.56 Å². The van der Waals surface area contributed by atoms with Gasteiger partial charge in [-0.25, -0.2) is 4.39 Å². The zero-order valence-corrected chi connectivity index (χ0v) is 6.67. The summed E-state index contributed by atoms with van der Waals surface area (Å²) >= 11 is 0. The molecule has 0 aliphatic carbocycles. The van der Waals surface area contributed by atoms with Gasteiger partial charge in [-0.1, -0.05) is 18.2 Å². The molecule has 0 amide bonds. The third-order valence-corrected chi connectivity index (χ3v) is 1.71.